The predicted molar refractivity (Wildman–Crippen MR) is 71.3 cm³/mol. The van der Waals surface area contributed by atoms with Crippen LogP contribution in [0.25, 0.3) is 23.0 Å². The van der Waals surface area contributed by atoms with Gasteiger partial charge in [-0.05, 0) is 43.2 Å². The van der Waals surface area contributed by atoms with E-state index < -0.39 is 0 Å². The largest absolute Gasteiger partial charge is 0.461 e. The normalized spacial score (nSPS) is 10.8. The Balaban J connectivity index is 2.01. The van der Waals surface area contributed by atoms with Crippen molar-refractivity contribution in [1.29, 1.82) is 0 Å². The second-order valence-corrected chi connectivity index (χ2v) is 4.43. The molecule has 0 fully saturated rings. The quantitative estimate of drug-likeness (QED) is 0.711. The van der Waals surface area contributed by atoms with Gasteiger partial charge in [0, 0.05) is 11.3 Å². The zero-order valence-corrected chi connectivity index (χ0v) is 10.7. The fourth-order valence-electron chi connectivity index (χ4n) is 1.81. The summed E-state index contributed by atoms with van der Waals surface area (Å²) < 4.78 is 10.6. The van der Waals surface area contributed by atoms with E-state index in [4.69, 9.17) is 14.7 Å². The van der Waals surface area contributed by atoms with Crippen LogP contribution in [-0.2, 0) is 0 Å². The predicted octanol–water partition coefficient (Wildman–Crippen LogP) is 3.20. The summed E-state index contributed by atoms with van der Waals surface area (Å²) in [6.07, 6.45) is 1.60. The number of benzene rings is 1. The third-order valence-corrected chi connectivity index (χ3v) is 3.02. The van der Waals surface area contributed by atoms with Gasteiger partial charge in [0.05, 0.1) is 6.26 Å². The molecule has 0 atom stereocenters. The van der Waals surface area contributed by atoms with Gasteiger partial charge in [0.25, 0.3) is 5.89 Å². The van der Waals surface area contributed by atoms with Crippen LogP contribution in [0.4, 0.5) is 5.69 Å². The maximum Gasteiger partial charge on any atom is 0.258 e. The molecule has 0 radical (unpaired) electrons. The molecule has 2 heterocycles. The van der Waals surface area contributed by atoms with Crippen LogP contribution in [0, 0.1) is 13.8 Å². The number of anilines is 1. The van der Waals surface area contributed by atoms with Crippen LogP contribution < -0.4 is 5.73 Å². The van der Waals surface area contributed by atoms with E-state index in [0.717, 1.165) is 16.7 Å². The van der Waals surface area contributed by atoms with E-state index in [0.29, 0.717) is 23.2 Å². The Morgan fingerprint density at radius 1 is 1.11 bits per heavy atom. The lowest BCUT2D eigenvalue weighted by molar-refractivity contribution is 0.429. The van der Waals surface area contributed by atoms with Crippen molar-refractivity contribution in [2.75, 3.05) is 5.73 Å². The number of aryl methyl sites for hydroxylation is 2. The molecule has 1 aromatic carbocycles. The molecule has 0 aliphatic heterocycles. The van der Waals surface area contributed by atoms with Crippen LogP contribution in [0.1, 0.15) is 11.1 Å². The molecular weight excluding hydrogens is 242 g/mol. The van der Waals surface area contributed by atoms with Gasteiger partial charge in [0.15, 0.2) is 5.76 Å². The van der Waals surface area contributed by atoms with E-state index in [1.165, 1.54) is 0 Å². The number of nitrogen functional groups attached to an aromatic ring is 1. The van der Waals surface area contributed by atoms with Crippen molar-refractivity contribution in [3.05, 3.63) is 41.7 Å². The summed E-state index contributed by atoms with van der Waals surface area (Å²) in [6.45, 7) is 3.88. The molecule has 19 heavy (non-hydrogen) atoms. The molecule has 2 aromatic heterocycles. The number of aromatic nitrogens is 2. The number of furan rings is 1. The van der Waals surface area contributed by atoms with E-state index in [1.807, 2.05) is 38.1 Å². The van der Waals surface area contributed by atoms with Crippen molar-refractivity contribution in [2.24, 2.45) is 0 Å². The zero-order chi connectivity index (χ0) is 13.4. The van der Waals surface area contributed by atoms with Gasteiger partial charge in [-0.2, -0.15) is 4.98 Å². The van der Waals surface area contributed by atoms with Gasteiger partial charge in [0.2, 0.25) is 5.82 Å². The third-order valence-electron chi connectivity index (χ3n) is 3.02. The second kappa shape index (κ2) is 4.28. The molecule has 0 saturated carbocycles. The number of nitrogens with zero attached hydrogens (tertiary/aromatic N) is 2. The van der Waals surface area contributed by atoms with Gasteiger partial charge >= 0.3 is 0 Å². The van der Waals surface area contributed by atoms with E-state index in [1.54, 1.807) is 6.26 Å². The molecule has 5 heteroatoms. The minimum atomic E-state index is 0.428. The zero-order valence-electron chi connectivity index (χ0n) is 10.7. The molecule has 0 aliphatic carbocycles. The molecule has 0 bridgehead atoms. The van der Waals surface area contributed by atoms with E-state index >= 15 is 0 Å². The van der Waals surface area contributed by atoms with Crippen LogP contribution >= 0.6 is 0 Å². The summed E-state index contributed by atoms with van der Waals surface area (Å²) in [7, 11) is 0. The number of hydrogen-bond acceptors (Lipinski definition) is 5. The lowest BCUT2D eigenvalue weighted by atomic mass is 10.1. The highest BCUT2D eigenvalue weighted by atomic mass is 16.5. The molecule has 3 rings (SSSR count). The highest BCUT2D eigenvalue weighted by molar-refractivity contribution is 5.64. The smallest absolute Gasteiger partial charge is 0.258 e. The Morgan fingerprint density at radius 3 is 2.63 bits per heavy atom. The van der Waals surface area contributed by atoms with Crippen molar-refractivity contribution < 1.29 is 8.94 Å². The summed E-state index contributed by atoms with van der Waals surface area (Å²) in [5.41, 5.74) is 9.36. The maximum atomic E-state index is 5.88. The van der Waals surface area contributed by atoms with Crippen LogP contribution in [0.5, 0.6) is 0 Å². The summed E-state index contributed by atoms with van der Waals surface area (Å²) in [5, 5.41) is 3.93. The molecular formula is C14H13N3O2. The second-order valence-electron chi connectivity index (χ2n) is 4.43. The van der Waals surface area contributed by atoms with E-state index in [9.17, 15) is 0 Å². The first-order valence-electron chi connectivity index (χ1n) is 5.90. The maximum absolute atomic E-state index is 5.88. The van der Waals surface area contributed by atoms with Crippen LogP contribution in [-0.4, -0.2) is 10.1 Å². The fourth-order valence-corrected chi connectivity index (χ4v) is 1.81. The van der Waals surface area contributed by atoms with Gasteiger partial charge in [-0.1, -0.05) is 11.2 Å². The van der Waals surface area contributed by atoms with Gasteiger partial charge < -0.3 is 14.7 Å². The van der Waals surface area contributed by atoms with E-state index in [2.05, 4.69) is 10.1 Å². The van der Waals surface area contributed by atoms with Crippen molar-refractivity contribution in [3.8, 4) is 23.0 Å². The first-order chi connectivity index (χ1) is 9.15. The van der Waals surface area contributed by atoms with Crippen LogP contribution in [0.3, 0.4) is 0 Å². The molecule has 2 N–H and O–H groups in total. The van der Waals surface area contributed by atoms with Gasteiger partial charge in [0.1, 0.15) is 0 Å². The standard InChI is InChI=1S/C14H13N3O2/c1-8-3-4-10(7-11(8)15)14-16-13(17-19-14)12-9(2)5-6-18-12/h3-7H,15H2,1-2H3. The monoisotopic (exact) mass is 255 g/mol. The minimum Gasteiger partial charge on any atom is -0.461 e. The molecule has 0 amide bonds. The lowest BCUT2D eigenvalue weighted by Crippen LogP contribution is -1.90. The Hall–Kier alpha value is -2.56. The minimum absolute atomic E-state index is 0.428. The van der Waals surface area contributed by atoms with E-state index in [-0.39, 0.29) is 0 Å². The average molecular weight is 255 g/mol. The van der Waals surface area contributed by atoms with Crippen molar-refractivity contribution in [3.63, 3.8) is 0 Å². The Labute approximate surface area is 110 Å². The topological polar surface area (TPSA) is 78.1 Å². The number of nitrogens with two attached hydrogens (primary N) is 1. The highest BCUT2D eigenvalue weighted by Crippen LogP contribution is 2.26. The van der Waals surface area contributed by atoms with Crippen molar-refractivity contribution in [2.45, 2.75) is 13.8 Å². The third kappa shape index (κ3) is 1.99. The Bertz CT molecular complexity index is 728. The SMILES string of the molecule is Cc1ccc(-c2nc(-c3occc3C)no2)cc1N. The van der Waals surface area contributed by atoms with Crippen LogP contribution in [0.15, 0.2) is 39.5 Å². The summed E-state index contributed by atoms with van der Waals surface area (Å²) in [5.74, 6) is 1.49. The lowest BCUT2D eigenvalue weighted by Gasteiger charge is -2.00. The van der Waals surface area contributed by atoms with Crippen LogP contribution in [0.2, 0.25) is 0 Å². The van der Waals surface area contributed by atoms with Gasteiger partial charge in [-0.3, -0.25) is 0 Å². The molecule has 3 aromatic rings. The van der Waals surface area contributed by atoms with Crippen molar-refractivity contribution >= 4 is 5.69 Å². The Morgan fingerprint density at radius 2 is 1.95 bits per heavy atom. The molecule has 96 valence electrons. The van der Waals surface area contributed by atoms with Crippen molar-refractivity contribution in [1.82, 2.24) is 10.1 Å². The number of hydrogen-bond donors (Lipinski definition) is 1. The average Bonchev–Trinajstić information content (AvgIpc) is 3.01. The van der Waals surface area contributed by atoms with Gasteiger partial charge in [-0.15, -0.1) is 0 Å². The Kier molecular flexibility index (Phi) is 2.59. The first-order valence-corrected chi connectivity index (χ1v) is 5.90. The number of rotatable bonds is 2. The molecule has 5 nitrogen and oxygen atoms in total. The highest BCUT2D eigenvalue weighted by Gasteiger charge is 2.15. The molecule has 0 spiro atoms. The summed E-state index contributed by atoms with van der Waals surface area (Å²) >= 11 is 0. The summed E-state index contributed by atoms with van der Waals surface area (Å²) in [4.78, 5) is 4.33. The molecule has 0 unspecified atom stereocenters. The summed E-state index contributed by atoms with van der Waals surface area (Å²) in [6, 6.07) is 7.50. The van der Waals surface area contributed by atoms with Gasteiger partial charge in [-0.25, -0.2) is 0 Å². The first kappa shape index (κ1) is 11.5. The molecule has 0 saturated heterocycles. The fraction of sp³-hybridized carbons (Fsp3) is 0.143. The molecule has 0 aliphatic rings.